The largest absolute Gasteiger partial charge is 0.335 e. The van der Waals surface area contributed by atoms with Crippen molar-refractivity contribution < 1.29 is 4.79 Å². The minimum atomic E-state index is 0.0854. The van der Waals surface area contributed by atoms with Gasteiger partial charge in [-0.25, -0.2) is 4.98 Å². The zero-order chi connectivity index (χ0) is 14.8. The minimum absolute atomic E-state index is 0.0854. The zero-order valence-electron chi connectivity index (χ0n) is 12.6. The van der Waals surface area contributed by atoms with Crippen molar-refractivity contribution >= 4 is 5.91 Å². The average Bonchev–Trinajstić information content (AvgIpc) is 3.15. The number of hydrogen-bond donors (Lipinski definition) is 0. The smallest absolute Gasteiger partial charge is 0.272 e. The van der Waals surface area contributed by atoms with Gasteiger partial charge in [0.25, 0.3) is 5.91 Å². The van der Waals surface area contributed by atoms with Crippen LogP contribution in [-0.4, -0.2) is 43.2 Å². The molecule has 3 heterocycles. The van der Waals surface area contributed by atoms with Crippen molar-refractivity contribution in [2.24, 2.45) is 0 Å². The maximum Gasteiger partial charge on any atom is 0.272 e. The van der Waals surface area contributed by atoms with Gasteiger partial charge in [0.15, 0.2) is 0 Å². The van der Waals surface area contributed by atoms with Gasteiger partial charge in [-0.15, -0.1) is 0 Å². The first-order valence-electron chi connectivity index (χ1n) is 7.50. The van der Waals surface area contributed by atoms with Gasteiger partial charge in [-0.2, -0.15) is 5.10 Å². The van der Waals surface area contributed by atoms with Crippen molar-refractivity contribution in [1.29, 1.82) is 0 Å². The molecule has 0 radical (unpaired) electrons. The lowest BCUT2D eigenvalue weighted by atomic mass is 10.1. The normalized spacial score (nSPS) is 19.0. The molecular formula is C15H21N5O. The fourth-order valence-corrected chi connectivity index (χ4v) is 2.99. The third-order valence-electron chi connectivity index (χ3n) is 4.05. The summed E-state index contributed by atoms with van der Waals surface area (Å²) in [4.78, 5) is 18.8. The second-order valence-corrected chi connectivity index (χ2v) is 5.54. The molecule has 0 aromatic carbocycles. The van der Waals surface area contributed by atoms with Crippen LogP contribution in [0.3, 0.4) is 0 Å². The van der Waals surface area contributed by atoms with E-state index in [-0.39, 0.29) is 5.91 Å². The van der Waals surface area contributed by atoms with Gasteiger partial charge >= 0.3 is 0 Å². The van der Waals surface area contributed by atoms with E-state index in [9.17, 15) is 4.79 Å². The van der Waals surface area contributed by atoms with Crippen molar-refractivity contribution in [1.82, 2.24) is 24.2 Å². The van der Waals surface area contributed by atoms with Crippen molar-refractivity contribution in [3.8, 4) is 0 Å². The predicted octanol–water partition coefficient (Wildman–Crippen LogP) is 1.89. The van der Waals surface area contributed by atoms with E-state index in [4.69, 9.17) is 0 Å². The summed E-state index contributed by atoms with van der Waals surface area (Å²) in [5.74, 6) is 0.0854. The van der Waals surface area contributed by atoms with Crippen LogP contribution >= 0.6 is 0 Å². The van der Waals surface area contributed by atoms with Gasteiger partial charge in [0, 0.05) is 32.0 Å². The van der Waals surface area contributed by atoms with E-state index < -0.39 is 0 Å². The number of carbonyl (C=O) groups is 1. The van der Waals surface area contributed by atoms with E-state index >= 15 is 0 Å². The summed E-state index contributed by atoms with van der Waals surface area (Å²) >= 11 is 0. The van der Waals surface area contributed by atoms with Crippen LogP contribution in [0.15, 0.2) is 24.8 Å². The summed E-state index contributed by atoms with van der Waals surface area (Å²) < 4.78 is 3.89. The van der Waals surface area contributed by atoms with Crippen molar-refractivity contribution in [2.75, 3.05) is 13.1 Å². The summed E-state index contributed by atoms with van der Waals surface area (Å²) in [6.45, 7) is 6.20. The van der Waals surface area contributed by atoms with Crippen LogP contribution in [0.1, 0.15) is 42.0 Å². The lowest BCUT2D eigenvalue weighted by Crippen LogP contribution is -2.41. The van der Waals surface area contributed by atoms with E-state index in [0.717, 1.165) is 31.6 Å². The van der Waals surface area contributed by atoms with Crippen LogP contribution in [0, 0.1) is 6.92 Å². The van der Waals surface area contributed by atoms with Crippen LogP contribution in [0.2, 0.25) is 0 Å². The summed E-state index contributed by atoms with van der Waals surface area (Å²) in [6, 6.07) is 2.21. The molecule has 6 nitrogen and oxygen atoms in total. The molecule has 1 saturated heterocycles. The van der Waals surface area contributed by atoms with Crippen LogP contribution in [0.5, 0.6) is 0 Å². The molecule has 2 aromatic rings. The number of nitrogens with zero attached hydrogens (tertiary/aromatic N) is 5. The molecule has 21 heavy (non-hydrogen) atoms. The highest BCUT2D eigenvalue weighted by Crippen LogP contribution is 2.22. The van der Waals surface area contributed by atoms with E-state index in [2.05, 4.69) is 14.6 Å². The van der Waals surface area contributed by atoms with Crippen LogP contribution < -0.4 is 0 Å². The number of hydrogen-bond acceptors (Lipinski definition) is 3. The summed E-state index contributed by atoms with van der Waals surface area (Å²) in [5, 5.41) is 4.37. The molecule has 112 valence electrons. The van der Waals surface area contributed by atoms with Crippen molar-refractivity contribution in [2.45, 2.75) is 39.3 Å². The Morgan fingerprint density at radius 2 is 2.33 bits per heavy atom. The summed E-state index contributed by atoms with van der Waals surface area (Å²) in [5.41, 5.74) is 1.59. The monoisotopic (exact) mass is 287 g/mol. The van der Waals surface area contributed by atoms with Crippen molar-refractivity contribution in [3.05, 3.63) is 36.2 Å². The van der Waals surface area contributed by atoms with Gasteiger partial charge in [-0.3, -0.25) is 9.48 Å². The zero-order valence-corrected chi connectivity index (χ0v) is 12.6. The molecule has 1 atom stereocenters. The molecule has 0 spiro atoms. The molecule has 1 amide bonds. The number of piperidine rings is 1. The summed E-state index contributed by atoms with van der Waals surface area (Å²) in [7, 11) is 0. The van der Waals surface area contributed by atoms with Gasteiger partial charge in [-0.05, 0) is 32.8 Å². The Bertz CT molecular complexity index is 616. The molecule has 1 unspecified atom stereocenters. The molecule has 1 aliphatic heterocycles. The van der Waals surface area contributed by atoms with Gasteiger partial charge in [0.1, 0.15) is 5.69 Å². The first kappa shape index (κ1) is 13.9. The SMILES string of the molecule is CCn1nc(C)cc1C(=O)N1CCCC(n2ccnc2)C1. The van der Waals surface area contributed by atoms with Gasteiger partial charge < -0.3 is 9.47 Å². The Morgan fingerprint density at radius 3 is 3.05 bits per heavy atom. The van der Waals surface area contributed by atoms with Gasteiger partial charge in [0.05, 0.1) is 18.1 Å². The highest BCUT2D eigenvalue weighted by atomic mass is 16.2. The van der Waals surface area contributed by atoms with E-state index in [1.54, 1.807) is 10.9 Å². The number of aryl methyl sites for hydroxylation is 2. The fourth-order valence-electron chi connectivity index (χ4n) is 2.99. The Balaban J connectivity index is 1.78. The van der Waals surface area contributed by atoms with E-state index in [0.29, 0.717) is 18.3 Å². The molecule has 0 saturated carbocycles. The Labute approximate surface area is 124 Å². The highest BCUT2D eigenvalue weighted by Gasteiger charge is 2.27. The first-order chi connectivity index (χ1) is 10.2. The first-order valence-corrected chi connectivity index (χ1v) is 7.50. The molecule has 0 aliphatic carbocycles. The second kappa shape index (κ2) is 5.71. The molecule has 1 fully saturated rings. The van der Waals surface area contributed by atoms with Crippen LogP contribution in [-0.2, 0) is 6.54 Å². The molecular weight excluding hydrogens is 266 g/mol. The fraction of sp³-hybridized carbons (Fsp3) is 0.533. The van der Waals surface area contributed by atoms with Gasteiger partial charge in [0.2, 0.25) is 0 Å². The topological polar surface area (TPSA) is 56.0 Å². The molecule has 0 N–H and O–H groups in total. The van der Waals surface area contributed by atoms with E-state index in [1.807, 2.05) is 37.3 Å². The number of imidazole rings is 1. The van der Waals surface area contributed by atoms with Crippen LogP contribution in [0.25, 0.3) is 0 Å². The van der Waals surface area contributed by atoms with Gasteiger partial charge in [-0.1, -0.05) is 0 Å². The Kier molecular flexibility index (Phi) is 3.77. The van der Waals surface area contributed by atoms with Crippen molar-refractivity contribution in [3.63, 3.8) is 0 Å². The van der Waals surface area contributed by atoms with E-state index in [1.165, 1.54) is 0 Å². The minimum Gasteiger partial charge on any atom is -0.335 e. The second-order valence-electron chi connectivity index (χ2n) is 5.54. The number of likely N-dealkylation sites (tertiary alicyclic amines) is 1. The standard InChI is InChI=1S/C15H21N5O/c1-3-20-14(9-12(2)17-20)15(21)18-7-4-5-13(10-18)19-8-6-16-11-19/h6,8-9,11,13H,3-5,7,10H2,1-2H3. The quantitative estimate of drug-likeness (QED) is 0.866. The molecule has 6 heteroatoms. The Hall–Kier alpha value is -2.11. The molecule has 3 rings (SSSR count). The highest BCUT2D eigenvalue weighted by molar-refractivity contribution is 5.92. The number of carbonyl (C=O) groups excluding carboxylic acids is 1. The average molecular weight is 287 g/mol. The maximum atomic E-state index is 12.7. The summed E-state index contributed by atoms with van der Waals surface area (Å²) in [6.07, 6.45) is 7.70. The third-order valence-corrected chi connectivity index (χ3v) is 4.05. The third kappa shape index (κ3) is 2.70. The molecule has 2 aromatic heterocycles. The molecule has 1 aliphatic rings. The van der Waals surface area contributed by atoms with Crippen LogP contribution in [0.4, 0.5) is 0 Å². The molecule has 0 bridgehead atoms. The predicted molar refractivity (Wildman–Crippen MR) is 79.0 cm³/mol. The number of amides is 1. The lowest BCUT2D eigenvalue weighted by Gasteiger charge is -2.33. The maximum absolute atomic E-state index is 12.7. The number of aromatic nitrogens is 4. The Morgan fingerprint density at radius 1 is 1.48 bits per heavy atom. The lowest BCUT2D eigenvalue weighted by molar-refractivity contribution is 0.0667. The number of rotatable bonds is 3.